The molecule has 0 fully saturated rings. The van der Waals surface area contributed by atoms with Gasteiger partial charge in [0, 0.05) is 26.2 Å². The summed E-state index contributed by atoms with van der Waals surface area (Å²) in [6.45, 7) is 11.9. The summed E-state index contributed by atoms with van der Waals surface area (Å²) >= 11 is 19.0. The van der Waals surface area contributed by atoms with Crippen molar-refractivity contribution in [3.05, 3.63) is 0 Å². The summed E-state index contributed by atoms with van der Waals surface area (Å²) in [5, 5.41) is 0. The second kappa shape index (κ2) is 15.0. The zero-order valence-electron chi connectivity index (χ0n) is 10.8. The standard InChI is InChI=1S/2C5H11NS2.Mo/c2*1-3-6(4-2)5(7)8;/h2*3-4H2,1-2H3,(H,7,8);/q;;+6/p-2. The number of hydrogen-bond donors (Lipinski definition) is 0. The Bertz CT molecular complexity index is 184. The maximum atomic E-state index is 4.76. The molecule has 0 aliphatic carbocycles. The molecule has 0 N–H and O–H groups in total. The SMILES string of the molecule is CCN(CC)C(=S)[S-].CCN(CC)C(=S)[S-].[Mo+6]. The van der Waals surface area contributed by atoms with Crippen LogP contribution in [0.1, 0.15) is 27.7 Å². The van der Waals surface area contributed by atoms with Gasteiger partial charge in [-0.15, -0.1) is 0 Å². The van der Waals surface area contributed by atoms with E-state index in [1.807, 2.05) is 37.5 Å². The van der Waals surface area contributed by atoms with Gasteiger partial charge in [-0.3, -0.25) is 0 Å². The largest absolute Gasteiger partial charge is 6.00 e. The van der Waals surface area contributed by atoms with Crippen LogP contribution >= 0.6 is 24.4 Å². The fourth-order valence-electron chi connectivity index (χ4n) is 0.964. The number of hydrogen-bond acceptors (Lipinski definition) is 4. The molecule has 17 heavy (non-hydrogen) atoms. The Labute approximate surface area is 142 Å². The minimum Gasteiger partial charge on any atom is -0.411 e. The van der Waals surface area contributed by atoms with Crippen molar-refractivity contribution < 1.29 is 21.1 Å². The minimum absolute atomic E-state index is 0. The third-order valence-corrected chi connectivity index (χ3v) is 3.08. The monoisotopic (exact) mass is 394 g/mol. The first-order valence-electron chi connectivity index (χ1n) is 5.36. The fraction of sp³-hybridized carbons (Fsp3) is 0.800. The van der Waals surface area contributed by atoms with Crippen molar-refractivity contribution >= 4 is 58.3 Å². The molecule has 0 heterocycles. The van der Waals surface area contributed by atoms with Crippen molar-refractivity contribution in [1.82, 2.24) is 9.80 Å². The molecule has 0 aromatic rings. The van der Waals surface area contributed by atoms with Crippen LogP contribution in [0.4, 0.5) is 0 Å². The van der Waals surface area contributed by atoms with Gasteiger partial charge in [-0.05, 0) is 27.7 Å². The smallest absolute Gasteiger partial charge is 0.411 e. The van der Waals surface area contributed by atoms with E-state index in [9.17, 15) is 0 Å². The van der Waals surface area contributed by atoms with Gasteiger partial charge in [-0.2, -0.15) is 0 Å². The zero-order valence-corrected chi connectivity index (χ0v) is 16.0. The van der Waals surface area contributed by atoms with Crippen LogP contribution in [-0.4, -0.2) is 44.6 Å². The van der Waals surface area contributed by atoms with Crippen LogP contribution in [0.2, 0.25) is 0 Å². The summed E-state index contributed by atoms with van der Waals surface area (Å²) in [6.07, 6.45) is 0. The van der Waals surface area contributed by atoms with Gasteiger partial charge in [0.2, 0.25) is 0 Å². The van der Waals surface area contributed by atoms with Crippen molar-refractivity contribution in [2.75, 3.05) is 26.2 Å². The molecule has 0 aliphatic rings. The first-order valence-corrected chi connectivity index (χ1v) is 6.99. The second-order valence-electron chi connectivity index (χ2n) is 2.88. The van der Waals surface area contributed by atoms with Crippen LogP contribution in [0.5, 0.6) is 0 Å². The second-order valence-corrected chi connectivity index (χ2v) is 4.94. The Hall–Kier alpha value is 0.908. The molecule has 0 unspecified atom stereocenters. The number of nitrogens with zero attached hydrogens (tertiary/aromatic N) is 2. The van der Waals surface area contributed by atoms with E-state index in [4.69, 9.17) is 49.7 Å². The van der Waals surface area contributed by atoms with Crippen LogP contribution in [0.25, 0.3) is 0 Å². The maximum Gasteiger partial charge on any atom is 6.00 e. The van der Waals surface area contributed by atoms with Gasteiger partial charge in [0.05, 0.1) is 0 Å². The molecule has 0 aromatic heterocycles. The van der Waals surface area contributed by atoms with Crippen LogP contribution in [-0.2, 0) is 46.3 Å². The van der Waals surface area contributed by atoms with E-state index in [2.05, 4.69) is 0 Å². The van der Waals surface area contributed by atoms with Crippen molar-refractivity contribution in [3.63, 3.8) is 0 Å². The molecule has 0 aliphatic heterocycles. The summed E-state index contributed by atoms with van der Waals surface area (Å²) in [5.41, 5.74) is 0. The van der Waals surface area contributed by atoms with E-state index in [0.717, 1.165) is 26.2 Å². The Morgan fingerprint density at radius 2 is 0.941 bits per heavy atom. The summed E-state index contributed by atoms with van der Waals surface area (Å²) in [6, 6.07) is 0. The predicted octanol–water partition coefficient (Wildman–Crippen LogP) is 2.32. The summed E-state index contributed by atoms with van der Waals surface area (Å²) in [4.78, 5) is 3.93. The molecule has 7 heteroatoms. The van der Waals surface area contributed by atoms with Crippen LogP contribution < -0.4 is 0 Å². The van der Waals surface area contributed by atoms with Crippen molar-refractivity contribution in [2.45, 2.75) is 27.7 Å². The normalized spacial score (nSPS) is 8.24. The average Bonchev–Trinajstić information content (AvgIpc) is 2.21. The quantitative estimate of drug-likeness (QED) is 0.409. The van der Waals surface area contributed by atoms with E-state index < -0.39 is 0 Å². The molecular formula is C10H20MoN2S4+4. The van der Waals surface area contributed by atoms with Crippen LogP contribution in [0, 0.1) is 0 Å². The van der Waals surface area contributed by atoms with Gasteiger partial charge >= 0.3 is 21.1 Å². The Morgan fingerprint density at radius 3 is 0.941 bits per heavy atom. The van der Waals surface area contributed by atoms with Crippen LogP contribution in [0.3, 0.4) is 0 Å². The molecule has 0 bridgehead atoms. The van der Waals surface area contributed by atoms with Crippen molar-refractivity contribution in [1.29, 1.82) is 0 Å². The summed E-state index contributed by atoms with van der Waals surface area (Å²) in [5.74, 6) is 0. The van der Waals surface area contributed by atoms with Gasteiger partial charge in [0.25, 0.3) is 0 Å². The van der Waals surface area contributed by atoms with E-state index in [1.165, 1.54) is 0 Å². The first kappa shape index (κ1) is 23.0. The summed E-state index contributed by atoms with van der Waals surface area (Å²) in [7, 11) is 0. The first-order chi connectivity index (χ1) is 7.44. The van der Waals surface area contributed by atoms with Crippen molar-refractivity contribution in [2.24, 2.45) is 0 Å². The molecule has 0 atom stereocenters. The third kappa shape index (κ3) is 13.1. The van der Waals surface area contributed by atoms with Gasteiger partial charge in [0.1, 0.15) is 0 Å². The molecular weight excluding hydrogens is 372 g/mol. The Kier molecular flexibility index (Phi) is 20.3. The van der Waals surface area contributed by atoms with E-state index >= 15 is 0 Å². The summed E-state index contributed by atoms with van der Waals surface area (Å²) < 4.78 is 1.16. The predicted molar refractivity (Wildman–Crippen MR) is 85.8 cm³/mol. The number of rotatable bonds is 4. The molecule has 2 nitrogen and oxygen atoms in total. The van der Waals surface area contributed by atoms with Gasteiger partial charge in [-0.1, -0.05) is 8.64 Å². The molecule has 0 saturated heterocycles. The van der Waals surface area contributed by atoms with Crippen LogP contribution in [0.15, 0.2) is 0 Å². The third-order valence-electron chi connectivity index (χ3n) is 2.04. The molecule has 0 radical (unpaired) electrons. The van der Waals surface area contributed by atoms with Gasteiger partial charge < -0.3 is 59.5 Å². The molecule has 0 saturated carbocycles. The molecule has 96 valence electrons. The number of thiocarbonyl (C=S) groups is 2. The van der Waals surface area contributed by atoms with Gasteiger partial charge in [-0.25, -0.2) is 0 Å². The minimum atomic E-state index is 0. The average molecular weight is 392 g/mol. The maximum absolute atomic E-state index is 4.76. The Morgan fingerprint density at radius 1 is 0.765 bits per heavy atom. The molecule has 0 spiro atoms. The van der Waals surface area contributed by atoms with Gasteiger partial charge in [0.15, 0.2) is 0 Å². The fourth-order valence-corrected chi connectivity index (χ4v) is 2.00. The molecule has 0 aromatic carbocycles. The molecule has 0 amide bonds. The zero-order chi connectivity index (χ0) is 13.1. The van der Waals surface area contributed by atoms with E-state index in [-0.39, 0.29) is 21.1 Å². The molecule has 0 rings (SSSR count). The van der Waals surface area contributed by atoms with E-state index in [1.54, 1.807) is 0 Å². The topological polar surface area (TPSA) is 6.48 Å². The Balaban J connectivity index is -0.000000218. The van der Waals surface area contributed by atoms with Crippen molar-refractivity contribution in [3.8, 4) is 0 Å². The van der Waals surface area contributed by atoms with E-state index in [0.29, 0.717) is 8.64 Å².